The zero-order valence-electron chi connectivity index (χ0n) is 16.5. The van der Waals surface area contributed by atoms with E-state index in [9.17, 15) is 4.79 Å². The van der Waals surface area contributed by atoms with Gasteiger partial charge in [0.15, 0.2) is 11.5 Å². The highest BCUT2D eigenvalue weighted by atomic mass is 16.5. The molecule has 0 heterocycles. The van der Waals surface area contributed by atoms with Gasteiger partial charge in [0, 0.05) is 25.8 Å². The summed E-state index contributed by atoms with van der Waals surface area (Å²) in [5, 5.41) is 2.94. The first kappa shape index (κ1) is 20.4. The van der Waals surface area contributed by atoms with Crippen LogP contribution in [0.15, 0.2) is 42.5 Å². The maximum absolute atomic E-state index is 12.5. The van der Waals surface area contributed by atoms with Crippen molar-refractivity contribution in [2.75, 3.05) is 46.4 Å². The van der Waals surface area contributed by atoms with Crippen LogP contribution in [0.3, 0.4) is 0 Å². The quantitative estimate of drug-likeness (QED) is 0.648. The van der Waals surface area contributed by atoms with Crippen LogP contribution in [0.4, 0.5) is 5.69 Å². The van der Waals surface area contributed by atoms with Crippen LogP contribution < -0.4 is 24.4 Å². The highest BCUT2D eigenvalue weighted by molar-refractivity contribution is 5.98. The van der Waals surface area contributed by atoms with Crippen molar-refractivity contribution in [2.45, 2.75) is 12.8 Å². The van der Waals surface area contributed by atoms with Gasteiger partial charge in [0.1, 0.15) is 0 Å². The zero-order valence-corrected chi connectivity index (χ0v) is 16.5. The number of para-hydroxylation sites is 1. The molecule has 6 heteroatoms. The number of methoxy groups -OCH3 is 3. The summed E-state index contributed by atoms with van der Waals surface area (Å²) in [7, 11) is 6.64. The maximum atomic E-state index is 12.5. The summed E-state index contributed by atoms with van der Waals surface area (Å²) >= 11 is 0. The Labute approximate surface area is 161 Å². The Kier molecular flexibility index (Phi) is 7.79. The molecule has 146 valence electrons. The van der Waals surface area contributed by atoms with E-state index >= 15 is 0 Å². The summed E-state index contributed by atoms with van der Waals surface area (Å²) in [6.07, 6.45) is 1.87. The smallest absolute Gasteiger partial charge is 0.255 e. The van der Waals surface area contributed by atoms with Crippen LogP contribution >= 0.6 is 0 Å². The topological polar surface area (TPSA) is 60.0 Å². The van der Waals surface area contributed by atoms with E-state index in [1.54, 1.807) is 19.2 Å². The van der Waals surface area contributed by atoms with Gasteiger partial charge in [0.2, 0.25) is 5.75 Å². The fourth-order valence-electron chi connectivity index (χ4n) is 2.86. The predicted molar refractivity (Wildman–Crippen MR) is 107 cm³/mol. The Morgan fingerprint density at radius 3 is 2.26 bits per heavy atom. The van der Waals surface area contributed by atoms with Gasteiger partial charge in [0.05, 0.1) is 26.9 Å². The normalized spacial score (nSPS) is 10.2. The Hall–Kier alpha value is -2.89. The molecule has 0 aliphatic heterocycles. The van der Waals surface area contributed by atoms with Gasteiger partial charge in [-0.3, -0.25) is 4.79 Å². The van der Waals surface area contributed by atoms with Gasteiger partial charge in [-0.25, -0.2) is 0 Å². The summed E-state index contributed by atoms with van der Waals surface area (Å²) in [6, 6.07) is 13.6. The third-order valence-corrected chi connectivity index (χ3v) is 4.35. The second-order valence-corrected chi connectivity index (χ2v) is 6.10. The van der Waals surface area contributed by atoms with Crippen molar-refractivity contribution in [3.05, 3.63) is 48.0 Å². The Morgan fingerprint density at radius 1 is 0.926 bits per heavy atom. The van der Waals surface area contributed by atoms with Gasteiger partial charge < -0.3 is 24.4 Å². The summed E-state index contributed by atoms with van der Waals surface area (Å²) < 4.78 is 15.9. The molecule has 0 unspecified atom stereocenters. The second-order valence-electron chi connectivity index (χ2n) is 6.10. The van der Waals surface area contributed by atoms with E-state index in [2.05, 4.69) is 29.4 Å². The lowest BCUT2D eigenvalue weighted by Crippen LogP contribution is -2.26. The Morgan fingerprint density at radius 2 is 1.63 bits per heavy atom. The fourth-order valence-corrected chi connectivity index (χ4v) is 2.86. The molecule has 27 heavy (non-hydrogen) atoms. The Balaban J connectivity index is 1.85. The molecule has 0 fully saturated rings. The summed E-state index contributed by atoms with van der Waals surface area (Å²) in [5.74, 6) is 1.12. The molecule has 0 spiro atoms. The third kappa shape index (κ3) is 5.29. The highest BCUT2D eigenvalue weighted by Crippen LogP contribution is 2.39. The van der Waals surface area contributed by atoms with Gasteiger partial charge in [-0.1, -0.05) is 18.2 Å². The van der Waals surface area contributed by atoms with E-state index in [0.29, 0.717) is 29.4 Å². The van der Waals surface area contributed by atoms with Crippen molar-refractivity contribution < 1.29 is 19.0 Å². The molecule has 6 nitrogen and oxygen atoms in total. The van der Waals surface area contributed by atoms with E-state index in [-0.39, 0.29) is 5.91 Å². The lowest BCUT2D eigenvalue weighted by Gasteiger charge is -2.19. The van der Waals surface area contributed by atoms with Gasteiger partial charge in [0.25, 0.3) is 5.91 Å². The minimum Gasteiger partial charge on any atom is -0.493 e. The minimum absolute atomic E-state index is 0.191. The lowest BCUT2D eigenvalue weighted by molar-refractivity contribution is 0.0949. The van der Waals surface area contributed by atoms with Crippen molar-refractivity contribution in [3.63, 3.8) is 0 Å². The first-order valence-electron chi connectivity index (χ1n) is 8.95. The van der Waals surface area contributed by atoms with E-state index in [1.165, 1.54) is 19.9 Å². The van der Waals surface area contributed by atoms with Crippen LogP contribution in [0.1, 0.15) is 23.2 Å². The largest absolute Gasteiger partial charge is 0.493 e. The van der Waals surface area contributed by atoms with Gasteiger partial charge in [-0.2, -0.15) is 0 Å². The monoisotopic (exact) mass is 372 g/mol. The number of carbonyl (C=O) groups is 1. The van der Waals surface area contributed by atoms with Crippen molar-refractivity contribution in [3.8, 4) is 17.2 Å². The predicted octanol–water partition coefficient (Wildman–Crippen LogP) is 3.36. The van der Waals surface area contributed by atoms with Crippen molar-refractivity contribution in [1.29, 1.82) is 0 Å². The molecule has 1 amide bonds. The molecule has 1 N–H and O–H groups in total. The average molecular weight is 372 g/mol. The first-order chi connectivity index (χ1) is 13.1. The van der Waals surface area contributed by atoms with Crippen LogP contribution in [0, 0.1) is 0 Å². The number of rotatable bonds is 10. The third-order valence-electron chi connectivity index (χ3n) is 4.35. The standard InChI is InChI=1S/C21H28N2O4/c1-23(16-10-6-5-7-11-16)15-9-8-14-22-21(24)17-12-13-18(25-2)20(27-4)19(17)26-3/h5-7,10-13H,8-9,14-15H2,1-4H3,(H,22,24). The van der Waals surface area contributed by atoms with Crippen LogP contribution in [0.5, 0.6) is 17.2 Å². The van der Waals surface area contributed by atoms with E-state index in [1.807, 2.05) is 18.2 Å². The molecule has 2 aromatic rings. The molecule has 0 saturated heterocycles. The van der Waals surface area contributed by atoms with E-state index in [4.69, 9.17) is 14.2 Å². The molecule has 0 aliphatic rings. The molecule has 2 rings (SSSR count). The SMILES string of the molecule is COc1ccc(C(=O)NCCCCN(C)c2ccccc2)c(OC)c1OC. The van der Waals surface area contributed by atoms with Crippen LogP contribution in [0.2, 0.25) is 0 Å². The summed E-state index contributed by atoms with van der Waals surface area (Å²) in [4.78, 5) is 14.7. The number of hydrogen-bond acceptors (Lipinski definition) is 5. The van der Waals surface area contributed by atoms with Crippen LogP contribution in [-0.4, -0.2) is 47.4 Å². The number of hydrogen-bond donors (Lipinski definition) is 1. The van der Waals surface area contributed by atoms with E-state index < -0.39 is 0 Å². The number of nitrogens with one attached hydrogen (secondary N) is 1. The molecule has 0 aromatic heterocycles. The van der Waals surface area contributed by atoms with Crippen molar-refractivity contribution in [2.24, 2.45) is 0 Å². The lowest BCUT2D eigenvalue weighted by atomic mass is 10.1. The number of unbranched alkanes of at least 4 members (excludes halogenated alkanes) is 1. The van der Waals surface area contributed by atoms with Crippen molar-refractivity contribution in [1.82, 2.24) is 5.32 Å². The number of nitrogens with zero attached hydrogens (tertiary/aromatic N) is 1. The molecular formula is C21H28N2O4. The second kappa shape index (κ2) is 10.3. The fraction of sp³-hybridized carbons (Fsp3) is 0.381. The van der Waals surface area contributed by atoms with Crippen molar-refractivity contribution >= 4 is 11.6 Å². The van der Waals surface area contributed by atoms with Gasteiger partial charge in [-0.15, -0.1) is 0 Å². The number of ether oxygens (including phenoxy) is 3. The number of carbonyl (C=O) groups excluding carboxylic acids is 1. The number of benzene rings is 2. The molecular weight excluding hydrogens is 344 g/mol. The van der Waals surface area contributed by atoms with Gasteiger partial charge in [-0.05, 0) is 37.1 Å². The number of amides is 1. The zero-order chi connectivity index (χ0) is 19.6. The molecule has 2 aromatic carbocycles. The Bertz CT molecular complexity index is 734. The minimum atomic E-state index is -0.191. The molecule has 0 saturated carbocycles. The highest BCUT2D eigenvalue weighted by Gasteiger charge is 2.20. The molecule has 0 bridgehead atoms. The number of anilines is 1. The molecule has 0 atom stereocenters. The van der Waals surface area contributed by atoms with Gasteiger partial charge >= 0.3 is 0 Å². The van der Waals surface area contributed by atoms with Crippen LogP contribution in [-0.2, 0) is 0 Å². The first-order valence-corrected chi connectivity index (χ1v) is 8.95. The summed E-state index contributed by atoms with van der Waals surface area (Å²) in [5.41, 5.74) is 1.62. The molecule has 0 aliphatic carbocycles. The molecule has 0 radical (unpaired) electrons. The summed E-state index contributed by atoms with van der Waals surface area (Å²) in [6.45, 7) is 1.53. The maximum Gasteiger partial charge on any atom is 0.255 e. The average Bonchev–Trinajstić information content (AvgIpc) is 2.72. The van der Waals surface area contributed by atoms with Crippen LogP contribution in [0.25, 0.3) is 0 Å². The van der Waals surface area contributed by atoms with E-state index in [0.717, 1.165) is 19.4 Å².